The lowest BCUT2D eigenvalue weighted by Gasteiger charge is -2.13. The lowest BCUT2D eigenvalue weighted by Crippen LogP contribution is -2.07. The first-order valence-corrected chi connectivity index (χ1v) is 10.8. The molecule has 1 aromatic carbocycles. The lowest BCUT2D eigenvalue weighted by molar-refractivity contribution is 0.0925. The first-order valence-electron chi connectivity index (χ1n) is 10.8. The second-order valence-corrected chi connectivity index (χ2v) is 8.04. The minimum atomic E-state index is -0.868. The molecule has 0 saturated carbocycles. The number of hydrogen-bond acceptors (Lipinski definition) is 7. The normalized spacial score (nSPS) is 11.2. The topological polar surface area (TPSA) is 82.1 Å². The Morgan fingerprint density at radius 1 is 1.00 bits per heavy atom. The number of benzene rings is 1. The zero-order valence-electron chi connectivity index (χ0n) is 18.9. The van der Waals surface area contributed by atoms with Gasteiger partial charge in [-0.15, -0.1) is 0 Å². The van der Waals surface area contributed by atoms with Crippen LogP contribution in [0, 0.1) is 12.8 Å². The number of hydrogen-bond donors (Lipinski definition) is 1. The molecule has 0 saturated heterocycles. The van der Waals surface area contributed by atoms with Crippen LogP contribution in [0.15, 0.2) is 54.7 Å². The van der Waals surface area contributed by atoms with E-state index in [1.807, 2.05) is 31.2 Å². The summed E-state index contributed by atoms with van der Waals surface area (Å²) in [5, 5.41) is 4.08. The van der Waals surface area contributed by atoms with E-state index >= 15 is 0 Å². The highest BCUT2D eigenvalue weighted by atomic mass is 19.1. The Hall–Kier alpha value is -3.65. The van der Waals surface area contributed by atoms with Crippen LogP contribution >= 0.6 is 0 Å². The van der Waals surface area contributed by atoms with Crippen molar-refractivity contribution in [2.75, 3.05) is 18.8 Å². The molecule has 0 aliphatic carbocycles. The zero-order chi connectivity index (χ0) is 23.2. The standard InChI is InChI=1S/C25H26FN5O2/c1-16(2)13-32-14-22-30-24(28-18-6-8-19(9-7-18)33-15-26)20-10-11-21(29-25(20)31-22)23-17(3)5-4-12-27-23/h4-12,16H,13-15H2,1-3H3,(H,28,29,30,31). The van der Waals surface area contributed by atoms with Crippen molar-refractivity contribution in [3.8, 4) is 17.1 Å². The van der Waals surface area contributed by atoms with E-state index in [0.717, 1.165) is 28.0 Å². The summed E-state index contributed by atoms with van der Waals surface area (Å²) >= 11 is 0. The molecule has 0 fully saturated rings. The third-order valence-electron chi connectivity index (χ3n) is 4.88. The molecule has 0 bridgehead atoms. The summed E-state index contributed by atoms with van der Waals surface area (Å²) in [7, 11) is 0. The van der Waals surface area contributed by atoms with Crippen molar-refractivity contribution >= 4 is 22.5 Å². The van der Waals surface area contributed by atoms with Crippen molar-refractivity contribution in [3.05, 3.63) is 66.1 Å². The van der Waals surface area contributed by atoms with Gasteiger partial charge in [-0.1, -0.05) is 19.9 Å². The summed E-state index contributed by atoms with van der Waals surface area (Å²) < 4.78 is 23.0. The second kappa shape index (κ2) is 10.3. The molecular weight excluding hydrogens is 421 g/mol. The molecule has 8 heteroatoms. The summed E-state index contributed by atoms with van der Waals surface area (Å²) in [6.45, 7) is 6.21. The van der Waals surface area contributed by atoms with Gasteiger partial charge in [0, 0.05) is 18.5 Å². The minimum Gasteiger partial charge on any atom is -0.463 e. The maximum absolute atomic E-state index is 12.4. The number of fused-ring (bicyclic) bond motifs is 1. The predicted octanol–water partition coefficient (Wildman–Crippen LogP) is 5.62. The molecule has 3 heterocycles. The fourth-order valence-corrected chi connectivity index (χ4v) is 3.32. The van der Waals surface area contributed by atoms with Gasteiger partial charge in [-0.2, -0.15) is 0 Å². The zero-order valence-corrected chi connectivity index (χ0v) is 18.9. The Morgan fingerprint density at radius 2 is 1.82 bits per heavy atom. The smallest absolute Gasteiger partial charge is 0.228 e. The predicted molar refractivity (Wildman–Crippen MR) is 126 cm³/mol. The first kappa shape index (κ1) is 22.5. The maximum Gasteiger partial charge on any atom is 0.228 e. The Balaban J connectivity index is 1.72. The van der Waals surface area contributed by atoms with Gasteiger partial charge in [-0.05, 0) is 60.9 Å². The van der Waals surface area contributed by atoms with Crippen molar-refractivity contribution in [2.24, 2.45) is 5.92 Å². The largest absolute Gasteiger partial charge is 0.463 e. The van der Waals surface area contributed by atoms with Crippen LogP contribution in [0.3, 0.4) is 0 Å². The number of nitrogens with zero attached hydrogens (tertiary/aromatic N) is 4. The van der Waals surface area contributed by atoms with Crippen LogP contribution in [0.25, 0.3) is 22.4 Å². The van der Waals surface area contributed by atoms with Crippen LogP contribution in [-0.2, 0) is 11.3 Å². The monoisotopic (exact) mass is 447 g/mol. The molecule has 0 amide bonds. The van der Waals surface area contributed by atoms with Crippen molar-refractivity contribution in [3.63, 3.8) is 0 Å². The summed E-state index contributed by atoms with van der Waals surface area (Å²) in [4.78, 5) is 18.6. The molecule has 33 heavy (non-hydrogen) atoms. The lowest BCUT2D eigenvalue weighted by atomic mass is 10.1. The van der Waals surface area contributed by atoms with Crippen molar-refractivity contribution in [1.29, 1.82) is 0 Å². The second-order valence-electron chi connectivity index (χ2n) is 8.04. The molecular formula is C25H26FN5O2. The third kappa shape index (κ3) is 5.59. The molecule has 1 N–H and O–H groups in total. The van der Waals surface area contributed by atoms with Crippen LogP contribution in [0.1, 0.15) is 25.2 Å². The van der Waals surface area contributed by atoms with Crippen molar-refractivity contribution < 1.29 is 13.9 Å². The summed E-state index contributed by atoms with van der Waals surface area (Å²) in [5.41, 5.74) is 3.92. The van der Waals surface area contributed by atoms with Gasteiger partial charge < -0.3 is 14.8 Å². The molecule has 3 aromatic heterocycles. The average molecular weight is 448 g/mol. The summed E-state index contributed by atoms with van der Waals surface area (Å²) in [6, 6.07) is 14.7. The van der Waals surface area contributed by atoms with Crippen LogP contribution in [0.5, 0.6) is 5.75 Å². The Morgan fingerprint density at radius 3 is 2.55 bits per heavy atom. The Kier molecular flexibility index (Phi) is 7.04. The number of ether oxygens (including phenoxy) is 2. The molecule has 0 aliphatic heterocycles. The highest BCUT2D eigenvalue weighted by Gasteiger charge is 2.13. The van der Waals surface area contributed by atoms with Gasteiger partial charge in [0.25, 0.3) is 0 Å². The molecule has 0 atom stereocenters. The van der Waals surface area contributed by atoms with E-state index in [2.05, 4.69) is 34.1 Å². The number of aromatic nitrogens is 4. The third-order valence-corrected chi connectivity index (χ3v) is 4.88. The van der Waals surface area contributed by atoms with Gasteiger partial charge in [0.15, 0.2) is 11.5 Å². The summed E-state index contributed by atoms with van der Waals surface area (Å²) in [6.07, 6.45) is 1.75. The highest BCUT2D eigenvalue weighted by molar-refractivity contribution is 5.90. The van der Waals surface area contributed by atoms with E-state index in [9.17, 15) is 4.39 Å². The summed E-state index contributed by atoms with van der Waals surface area (Å²) in [5.74, 6) is 2.00. The average Bonchev–Trinajstić information content (AvgIpc) is 2.80. The molecule has 4 rings (SSSR count). The molecule has 7 nitrogen and oxygen atoms in total. The van der Waals surface area contributed by atoms with E-state index in [1.165, 1.54) is 0 Å². The fourth-order valence-electron chi connectivity index (χ4n) is 3.32. The van der Waals surface area contributed by atoms with Crippen LogP contribution in [0.4, 0.5) is 15.9 Å². The SMILES string of the molecule is Cc1cccnc1-c1ccc2c(Nc3ccc(OCF)cc3)nc(COCC(C)C)nc2n1. The Bertz CT molecular complexity index is 1230. The van der Waals surface area contributed by atoms with E-state index < -0.39 is 6.86 Å². The van der Waals surface area contributed by atoms with Crippen LogP contribution < -0.4 is 10.1 Å². The van der Waals surface area contributed by atoms with Crippen LogP contribution in [0.2, 0.25) is 0 Å². The van der Waals surface area contributed by atoms with Gasteiger partial charge in [0.05, 0.1) is 16.8 Å². The van der Waals surface area contributed by atoms with Crippen molar-refractivity contribution in [1.82, 2.24) is 19.9 Å². The molecule has 170 valence electrons. The highest BCUT2D eigenvalue weighted by Crippen LogP contribution is 2.27. The molecule has 0 aliphatic rings. The molecule has 0 spiro atoms. The quantitative estimate of drug-likeness (QED) is 0.357. The van der Waals surface area contributed by atoms with Gasteiger partial charge in [-0.25, -0.2) is 19.3 Å². The number of anilines is 2. The number of pyridine rings is 2. The van der Waals surface area contributed by atoms with Gasteiger partial charge in [0.1, 0.15) is 18.2 Å². The number of halogens is 1. The molecule has 0 radical (unpaired) electrons. The first-order chi connectivity index (χ1) is 16.0. The number of rotatable bonds is 9. The number of nitrogens with one attached hydrogen (secondary N) is 1. The Labute approximate surface area is 192 Å². The van der Waals surface area contributed by atoms with Gasteiger partial charge >= 0.3 is 0 Å². The van der Waals surface area contributed by atoms with E-state index in [1.54, 1.807) is 30.5 Å². The molecule has 4 aromatic rings. The van der Waals surface area contributed by atoms with Gasteiger partial charge in [0.2, 0.25) is 6.86 Å². The van der Waals surface area contributed by atoms with Crippen LogP contribution in [-0.4, -0.2) is 33.4 Å². The minimum absolute atomic E-state index is 0.278. The van der Waals surface area contributed by atoms with E-state index in [4.69, 9.17) is 14.5 Å². The van der Waals surface area contributed by atoms with E-state index in [0.29, 0.717) is 35.6 Å². The maximum atomic E-state index is 12.4. The molecule has 0 unspecified atom stereocenters. The van der Waals surface area contributed by atoms with Crippen molar-refractivity contribution in [2.45, 2.75) is 27.4 Å². The number of aryl methyl sites for hydroxylation is 1. The van der Waals surface area contributed by atoms with E-state index in [-0.39, 0.29) is 6.61 Å². The number of alkyl halides is 1. The fraction of sp³-hybridized carbons (Fsp3) is 0.280. The van der Waals surface area contributed by atoms with Gasteiger partial charge in [-0.3, -0.25) is 4.98 Å².